The van der Waals surface area contributed by atoms with Crippen LogP contribution in [-0.2, 0) is 4.79 Å². The van der Waals surface area contributed by atoms with Crippen molar-refractivity contribution in [2.45, 2.75) is 31.3 Å². The number of hydrogen-bond acceptors (Lipinski definition) is 3. The monoisotopic (exact) mass is 249 g/mol. The minimum atomic E-state index is -0.298. The molecule has 0 bridgehead atoms. The van der Waals surface area contributed by atoms with Crippen molar-refractivity contribution in [2.75, 3.05) is 5.32 Å². The Labute approximate surface area is 105 Å². The molecule has 1 aliphatic heterocycles. The van der Waals surface area contributed by atoms with E-state index in [1.165, 1.54) is 12.1 Å². The van der Waals surface area contributed by atoms with E-state index >= 15 is 0 Å². The van der Waals surface area contributed by atoms with Gasteiger partial charge in [0.05, 0.1) is 5.92 Å². The fourth-order valence-electron chi connectivity index (χ4n) is 2.67. The average molecular weight is 249 g/mol. The Balaban J connectivity index is 1.69. The minimum Gasteiger partial charge on any atom is -0.326 e. The summed E-state index contributed by atoms with van der Waals surface area (Å²) in [7, 11) is 0. The molecule has 1 aliphatic carbocycles. The molecule has 2 fully saturated rings. The van der Waals surface area contributed by atoms with Crippen molar-refractivity contribution in [1.29, 1.82) is 0 Å². The topological polar surface area (TPSA) is 73.0 Å². The summed E-state index contributed by atoms with van der Waals surface area (Å²) in [5.74, 6) is -0.359. The van der Waals surface area contributed by atoms with E-state index in [1.54, 1.807) is 12.1 Å². The first-order valence-electron chi connectivity index (χ1n) is 6.30. The molecule has 4 nitrogen and oxygen atoms in total. The molecule has 3 rings (SSSR count). The quantitative estimate of drug-likeness (QED) is 0.699. The molecule has 1 saturated carbocycles. The van der Waals surface area contributed by atoms with Gasteiger partial charge in [0.15, 0.2) is 0 Å². The first-order chi connectivity index (χ1) is 8.70. The first kappa shape index (κ1) is 11.6. The summed E-state index contributed by atoms with van der Waals surface area (Å²) >= 11 is 0. The van der Waals surface area contributed by atoms with Crippen LogP contribution in [0.5, 0.6) is 0 Å². The van der Waals surface area contributed by atoms with Crippen LogP contribution in [-0.4, -0.2) is 11.6 Å². The third-order valence-electron chi connectivity index (χ3n) is 3.78. The highest BCUT2D eigenvalue weighted by molar-refractivity contribution is 5.93. The Morgan fingerprint density at radius 1 is 1.28 bits per heavy atom. The van der Waals surface area contributed by atoms with Gasteiger partial charge >= 0.3 is 0 Å². The zero-order chi connectivity index (χ0) is 12.6. The van der Waals surface area contributed by atoms with Crippen LogP contribution in [0, 0.1) is 11.7 Å². The number of rotatable bonds is 2. The van der Waals surface area contributed by atoms with Crippen LogP contribution in [0.2, 0.25) is 0 Å². The molecule has 18 heavy (non-hydrogen) atoms. The number of carbonyl (C=O) groups excluding carboxylic acids is 1. The fraction of sp³-hybridized carbons (Fsp3) is 0.462. The summed E-state index contributed by atoms with van der Waals surface area (Å²) in [6.45, 7) is 0. The molecule has 2 aliphatic rings. The van der Waals surface area contributed by atoms with Gasteiger partial charge in [-0.25, -0.2) is 15.2 Å². The molecule has 0 aromatic heterocycles. The Bertz CT molecular complexity index is 456. The lowest BCUT2D eigenvalue weighted by Gasteiger charge is -2.27. The molecule has 1 aromatic rings. The van der Waals surface area contributed by atoms with Crippen LogP contribution < -0.4 is 16.2 Å². The second-order valence-corrected chi connectivity index (χ2v) is 5.02. The van der Waals surface area contributed by atoms with Crippen molar-refractivity contribution in [3.05, 3.63) is 30.1 Å². The number of amides is 1. The second kappa shape index (κ2) is 4.33. The van der Waals surface area contributed by atoms with Crippen molar-refractivity contribution in [1.82, 2.24) is 10.9 Å². The molecule has 1 aromatic carbocycles. The van der Waals surface area contributed by atoms with E-state index in [0.29, 0.717) is 5.69 Å². The molecular formula is C13H16FN3O. The molecule has 1 spiro atoms. The van der Waals surface area contributed by atoms with Crippen molar-refractivity contribution in [2.24, 2.45) is 5.92 Å². The van der Waals surface area contributed by atoms with Crippen LogP contribution in [0.3, 0.4) is 0 Å². The number of hydrazine groups is 1. The van der Waals surface area contributed by atoms with Gasteiger partial charge in [-0.1, -0.05) is 12.8 Å². The maximum Gasteiger partial charge on any atom is 0.230 e. The van der Waals surface area contributed by atoms with E-state index in [4.69, 9.17) is 0 Å². The molecule has 1 saturated heterocycles. The lowest BCUT2D eigenvalue weighted by Crippen LogP contribution is -2.41. The van der Waals surface area contributed by atoms with Gasteiger partial charge in [-0.15, -0.1) is 0 Å². The number of benzene rings is 1. The lowest BCUT2D eigenvalue weighted by molar-refractivity contribution is -0.121. The molecule has 5 heteroatoms. The zero-order valence-electron chi connectivity index (χ0n) is 10.0. The molecular weight excluding hydrogens is 233 g/mol. The SMILES string of the molecule is O=C(Nc1ccc(F)cc1)C1CCCCC12NN2. The normalized spacial score (nSPS) is 24.8. The lowest BCUT2D eigenvalue weighted by atomic mass is 9.81. The van der Waals surface area contributed by atoms with Gasteiger partial charge in [0.25, 0.3) is 0 Å². The fourth-order valence-corrected chi connectivity index (χ4v) is 2.67. The Morgan fingerprint density at radius 2 is 2.00 bits per heavy atom. The Kier molecular flexibility index (Phi) is 2.80. The molecule has 0 radical (unpaired) electrons. The summed E-state index contributed by atoms with van der Waals surface area (Å²) in [6.07, 6.45) is 4.08. The molecule has 3 N–H and O–H groups in total. The van der Waals surface area contributed by atoms with E-state index in [2.05, 4.69) is 16.2 Å². The van der Waals surface area contributed by atoms with E-state index in [0.717, 1.165) is 25.7 Å². The average Bonchev–Trinajstić information content (AvgIpc) is 3.13. The highest BCUT2D eigenvalue weighted by Gasteiger charge is 2.53. The predicted octanol–water partition coefficient (Wildman–Crippen LogP) is 1.76. The van der Waals surface area contributed by atoms with Crippen molar-refractivity contribution >= 4 is 11.6 Å². The maximum atomic E-state index is 12.8. The van der Waals surface area contributed by atoms with Crippen molar-refractivity contribution in [3.63, 3.8) is 0 Å². The number of anilines is 1. The summed E-state index contributed by atoms with van der Waals surface area (Å²) in [4.78, 5) is 12.2. The van der Waals surface area contributed by atoms with E-state index in [9.17, 15) is 9.18 Å². The summed E-state index contributed by atoms with van der Waals surface area (Å²) in [5.41, 5.74) is 6.66. The summed E-state index contributed by atoms with van der Waals surface area (Å²) in [6, 6.07) is 5.85. The Hall–Kier alpha value is -1.46. The number of hydrogen-bond donors (Lipinski definition) is 3. The van der Waals surface area contributed by atoms with E-state index in [-0.39, 0.29) is 23.3 Å². The number of halogens is 1. The highest BCUT2D eigenvalue weighted by atomic mass is 19.1. The maximum absolute atomic E-state index is 12.8. The largest absolute Gasteiger partial charge is 0.326 e. The third kappa shape index (κ3) is 2.11. The second-order valence-electron chi connectivity index (χ2n) is 5.02. The Morgan fingerprint density at radius 3 is 2.67 bits per heavy atom. The zero-order valence-corrected chi connectivity index (χ0v) is 10.0. The van der Waals surface area contributed by atoms with Gasteiger partial charge < -0.3 is 5.32 Å². The van der Waals surface area contributed by atoms with Crippen molar-refractivity contribution in [3.8, 4) is 0 Å². The van der Waals surface area contributed by atoms with Gasteiger partial charge in [-0.05, 0) is 37.1 Å². The predicted molar refractivity (Wildman–Crippen MR) is 66.0 cm³/mol. The van der Waals surface area contributed by atoms with E-state index in [1.807, 2.05) is 0 Å². The van der Waals surface area contributed by atoms with Gasteiger partial charge in [0.2, 0.25) is 5.91 Å². The van der Waals surface area contributed by atoms with Crippen LogP contribution in [0.25, 0.3) is 0 Å². The third-order valence-corrected chi connectivity index (χ3v) is 3.78. The van der Waals surface area contributed by atoms with Gasteiger partial charge in [-0.2, -0.15) is 0 Å². The van der Waals surface area contributed by atoms with Crippen LogP contribution in [0.1, 0.15) is 25.7 Å². The number of carbonyl (C=O) groups is 1. The van der Waals surface area contributed by atoms with Gasteiger partial charge in [-0.3, -0.25) is 4.79 Å². The summed E-state index contributed by atoms with van der Waals surface area (Å²) in [5, 5.41) is 2.85. The number of nitrogens with one attached hydrogen (secondary N) is 3. The standard InChI is InChI=1S/C13H16FN3O/c14-9-4-6-10(7-5-9)15-12(18)11-3-1-2-8-13(11)16-17-13/h4-7,11,16-17H,1-3,8H2,(H,15,18). The van der Waals surface area contributed by atoms with Crippen LogP contribution >= 0.6 is 0 Å². The van der Waals surface area contributed by atoms with Gasteiger partial charge in [0, 0.05) is 5.69 Å². The molecule has 1 amide bonds. The molecule has 1 unspecified atom stereocenters. The molecule has 1 heterocycles. The smallest absolute Gasteiger partial charge is 0.230 e. The van der Waals surface area contributed by atoms with Crippen LogP contribution in [0.15, 0.2) is 24.3 Å². The summed E-state index contributed by atoms with van der Waals surface area (Å²) < 4.78 is 12.8. The van der Waals surface area contributed by atoms with Crippen LogP contribution in [0.4, 0.5) is 10.1 Å². The first-order valence-corrected chi connectivity index (χ1v) is 6.30. The minimum absolute atomic E-state index is 0.00110. The van der Waals surface area contributed by atoms with E-state index < -0.39 is 0 Å². The molecule has 96 valence electrons. The van der Waals surface area contributed by atoms with Gasteiger partial charge in [0.1, 0.15) is 11.5 Å². The van der Waals surface area contributed by atoms with Crippen molar-refractivity contribution < 1.29 is 9.18 Å². The highest BCUT2D eigenvalue weighted by Crippen LogP contribution is 2.37. The molecule has 1 atom stereocenters.